The van der Waals surface area contributed by atoms with Crippen molar-refractivity contribution in [2.45, 2.75) is 46.5 Å². The molecule has 0 aliphatic carbocycles. The lowest BCUT2D eigenvalue weighted by molar-refractivity contribution is 0.0900. The maximum Gasteiger partial charge on any atom is 0.245 e. The highest BCUT2D eigenvalue weighted by Crippen LogP contribution is 2.24. The summed E-state index contributed by atoms with van der Waals surface area (Å²) < 4.78 is 0. The lowest BCUT2D eigenvalue weighted by Crippen LogP contribution is -2.37. The number of carbonyl (C=O) groups excluding carboxylic acids is 1. The normalized spacial score (nSPS) is 15.4. The van der Waals surface area contributed by atoms with Gasteiger partial charge < -0.3 is 4.90 Å². The number of piperidine rings is 1. The molecule has 2 heterocycles. The molecular weight excluding hydrogens is 312 g/mol. The number of ketones is 1. The molecule has 5 nitrogen and oxygen atoms in total. The molecule has 0 unspecified atom stereocenters. The molecule has 0 N–H and O–H groups in total. The zero-order valence-electron chi connectivity index (χ0n) is 15.3. The van der Waals surface area contributed by atoms with Gasteiger partial charge in [0.15, 0.2) is 5.78 Å². The lowest BCUT2D eigenvalue weighted by atomic mass is 9.89. The van der Waals surface area contributed by atoms with E-state index in [0.717, 1.165) is 55.7 Å². The number of aryl methyl sites for hydroxylation is 3. The number of rotatable bonds is 5. The van der Waals surface area contributed by atoms with E-state index in [0.29, 0.717) is 5.95 Å². The second kappa shape index (κ2) is 7.72. The van der Waals surface area contributed by atoms with E-state index in [2.05, 4.69) is 28.9 Å². The molecule has 0 amide bonds. The molecule has 0 bridgehead atoms. The number of carbonyl (C=O) groups is 1. The highest BCUT2D eigenvalue weighted by atomic mass is 16.1. The van der Waals surface area contributed by atoms with Crippen molar-refractivity contribution in [2.24, 2.45) is 5.92 Å². The highest BCUT2D eigenvalue weighted by Gasteiger charge is 2.27. The zero-order chi connectivity index (χ0) is 17.8. The van der Waals surface area contributed by atoms with Crippen LogP contribution in [0.3, 0.4) is 0 Å². The van der Waals surface area contributed by atoms with Crippen LogP contribution in [0.5, 0.6) is 0 Å². The monoisotopic (exact) mass is 338 g/mol. The van der Waals surface area contributed by atoms with Gasteiger partial charge in [-0.15, -0.1) is 5.10 Å². The molecule has 0 atom stereocenters. The molecule has 132 valence electrons. The molecule has 25 heavy (non-hydrogen) atoms. The molecule has 0 spiro atoms. The van der Waals surface area contributed by atoms with E-state index in [4.69, 9.17) is 4.98 Å². The summed E-state index contributed by atoms with van der Waals surface area (Å²) in [6, 6.07) is 7.88. The van der Waals surface area contributed by atoms with Gasteiger partial charge in [-0.3, -0.25) is 4.79 Å². The average Bonchev–Trinajstić information content (AvgIpc) is 2.67. The Morgan fingerprint density at radius 3 is 2.28 bits per heavy atom. The van der Waals surface area contributed by atoms with Crippen LogP contribution in [0.15, 0.2) is 24.3 Å². The van der Waals surface area contributed by atoms with Gasteiger partial charge in [-0.25, -0.2) is 4.98 Å². The summed E-state index contributed by atoms with van der Waals surface area (Å²) in [5, 5.41) is 8.63. The molecule has 0 saturated carbocycles. The Hall–Kier alpha value is -2.30. The van der Waals surface area contributed by atoms with Crippen molar-refractivity contribution >= 4 is 11.7 Å². The third-order valence-corrected chi connectivity index (χ3v) is 4.98. The van der Waals surface area contributed by atoms with Gasteiger partial charge in [0.05, 0.1) is 11.4 Å². The molecule has 1 saturated heterocycles. The van der Waals surface area contributed by atoms with E-state index in [1.54, 1.807) is 0 Å². The molecular formula is C20H26N4O. The van der Waals surface area contributed by atoms with Gasteiger partial charge in [-0.1, -0.05) is 43.7 Å². The second-order valence-electron chi connectivity index (χ2n) is 6.70. The standard InChI is InChI=1S/C20H26N4O/c1-4-17-18(5-2)22-23-20(21-17)24-12-10-16(11-13-24)19(25)15-8-6-14(3)7-9-15/h6-9,16H,4-5,10-13H2,1-3H3. The van der Waals surface area contributed by atoms with E-state index in [-0.39, 0.29) is 11.7 Å². The predicted molar refractivity (Wildman–Crippen MR) is 99.0 cm³/mol. The van der Waals surface area contributed by atoms with E-state index >= 15 is 0 Å². The summed E-state index contributed by atoms with van der Waals surface area (Å²) in [5.74, 6) is 1.05. The Morgan fingerprint density at radius 1 is 1.04 bits per heavy atom. The number of aromatic nitrogens is 3. The third-order valence-electron chi connectivity index (χ3n) is 4.98. The molecule has 1 aliphatic rings. The predicted octanol–water partition coefficient (Wildman–Crippen LogP) is 3.40. The number of hydrogen-bond donors (Lipinski definition) is 0. The fraction of sp³-hybridized carbons (Fsp3) is 0.500. The van der Waals surface area contributed by atoms with Crippen molar-refractivity contribution < 1.29 is 4.79 Å². The number of Topliss-reactive ketones (excluding diaryl/α,β-unsaturated/α-hetero) is 1. The first kappa shape index (κ1) is 17.5. The molecule has 1 aliphatic heterocycles. The summed E-state index contributed by atoms with van der Waals surface area (Å²) in [6.45, 7) is 7.82. The average molecular weight is 338 g/mol. The van der Waals surface area contributed by atoms with Crippen LogP contribution in [-0.4, -0.2) is 34.1 Å². The van der Waals surface area contributed by atoms with Gasteiger partial charge in [0.2, 0.25) is 5.95 Å². The largest absolute Gasteiger partial charge is 0.339 e. The van der Waals surface area contributed by atoms with Crippen molar-refractivity contribution in [2.75, 3.05) is 18.0 Å². The molecule has 1 aromatic carbocycles. The molecule has 0 radical (unpaired) electrons. The maximum absolute atomic E-state index is 12.7. The van der Waals surface area contributed by atoms with E-state index in [1.807, 2.05) is 31.2 Å². The topological polar surface area (TPSA) is 59.0 Å². The highest BCUT2D eigenvalue weighted by molar-refractivity contribution is 5.98. The maximum atomic E-state index is 12.7. The summed E-state index contributed by atoms with van der Waals surface area (Å²) >= 11 is 0. The van der Waals surface area contributed by atoms with Crippen molar-refractivity contribution in [1.29, 1.82) is 0 Å². The summed E-state index contributed by atoms with van der Waals surface area (Å²) in [5.41, 5.74) is 4.02. The summed E-state index contributed by atoms with van der Waals surface area (Å²) in [4.78, 5) is 19.5. The third kappa shape index (κ3) is 3.86. The Balaban J connectivity index is 1.65. The fourth-order valence-corrected chi connectivity index (χ4v) is 3.36. The minimum atomic E-state index is 0.0903. The molecule has 1 aromatic heterocycles. The van der Waals surface area contributed by atoms with Gasteiger partial charge in [-0.2, -0.15) is 5.10 Å². The van der Waals surface area contributed by atoms with Crippen LogP contribution in [0.1, 0.15) is 54.0 Å². The molecule has 1 fully saturated rings. The van der Waals surface area contributed by atoms with Crippen LogP contribution in [0.4, 0.5) is 5.95 Å². The molecule has 2 aromatic rings. The van der Waals surface area contributed by atoms with Crippen LogP contribution in [0, 0.1) is 12.8 Å². The van der Waals surface area contributed by atoms with Gasteiger partial charge in [0, 0.05) is 24.6 Å². The van der Waals surface area contributed by atoms with Gasteiger partial charge in [0.25, 0.3) is 0 Å². The van der Waals surface area contributed by atoms with Crippen LogP contribution in [0.25, 0.3) is 0 Å². The van der Waals surface area contributed by atoms with Crippen LogP contribution in [0.2, 0.25) is 0 Å². The van der Waals surface area contributed by atoms with Crippen LogP contribution >= 0.6 is 0 Å². The number of anilines is 1. The summed E-state index contributed by atoms with van der Waals surface area (Å²) in [6.07, 6.45) is 3.41. The first-order chi connectivity index (χ1) is 12.1. The summed E-state index contributed by atoms with van der Waals surface area (Å²) in [7, 11) is 0. The van der Waals surface area contributed by atoms with Crippen molar-refractivity contribution in [1.82, 2.24) is 15.2 Å². The van der Waals surface area contributed by atoms with E-state index in [1.165, 1.54) is 5.56 Å². The zero-order valence-corrected chi connectivity index (χ0v) is 15.3. The van der Waals surface area contributed by atoms with Crippen LogP contribution < -0.4 is 4.90 Å². The minimum absolute atomic E-state index is 0.0903. The smallest absolute Gasteiger partial charge is 0.245 e. The van der Waals surface area contributed by atoms with E-state index in [9.17, 15) is 4.79 Å². The lowest BCUT2D eigenvalue weighted by Gasteiger charge is -2.31. The molecule has 3 rings (SSSR count). The van der Waals surface area contributed by atoms with Gasteiger partial charge in [-0.05, 0) is 32.6 Å². The van der Waals surface area contributed by atoms with Crippen LogP contribution in [-0.2, 0) is 12.8 Å². The second-order valence-corrected chi connectivity index (χ2v) is 6.70. The Kier molecular flexibility index (Phi) is 5.41. The Labute approximate surface area is 149 Å². The molecule has 5 heteroatoms. The quantitative estimate of drug-likeness (QED) is 0.782. The van der Waals surface area contributed by atoms with Crippen molar-refractivity contribution in [3.8, 4) is 0 Å². The van der Waals surface area contributed by atoms with Crippen molar-refractivity contribution in [3.63, 3.8) is 0 Å². The van der Waals surface area contributed by atoms with Gasteiger partial charge in [0.1, 0.15) is 0 Å². The van der Waals surface area contributed by atoms with Crippen molar-refractivity contribution in [3.05, 3.63) is 46.8 Å². The first-order valence-electron chi connectivity index (χ1n) is 9.20. The van der Waals surface area contributed by atoms with E-state index < -0.39 is 0 Å². The fourth-order valence-electron chi connectivity index (χ4n) is 3.36. The van der Waals surface area contributed by atoms with Gasteiger partial charge >= 0.3 is 0 Å². The first-order valence-corrected chi connectivity index (χ1v) is 9.20. The number of benzene rings is 1. The minimum Gasteiger partial charge on any atom is -0.339 e. The Bertz CT molecular complexity index is 734. The SMILES string of the molecule is CCc1nnc(N2CCC(C(=O)c3ccc(C)cc3)CC2)nc1CC. The Morgan fingerprint density at radius 2 is 1.68 bits per heavy atom. The number of hydrogen-bond acceptors (Lipinski definition) is 5. The number of nitrogens with zero attached hydrogens (tertiary/aromatic N) is 4.